The molecule has 2 aromatic heterocycles. The van der Waals surface area contributed by atoms with Crippen LogP contribution in [0.25, 0.3) is 33.6 Å². The first-order valence-corrected chi connectivity index (χ1v) is 8.11. The molecule has 0 aliphatic carbocycles. The Bertz CT molecular complexity index is 1060. The van der Waals surface area contributed by atoms with Gasteiger partial charge in [-0.15, -0.1) is 0 Å². The summed E-state index contributed by atoms with van der Waals surface area (Å²) in [5, 5.41) is 5.49. The average molecular weight is 377 g/mol. The van der Waals surface area contributed by atoms with Crippen LogP contribution in [0.4, 0.5) is 13.2 Å². The second-order valence-electron chi connectivity index (χ2n) is 5.89. The molecule has 0 radical (unpaired) electrons. The van der Waals surface area contributed by atoms with E-state index in [1.54, 1.807) is 6.07 Å². The minimum atomic E-state index is -4.37. The summed E-state index contributed by atoms with van der Waals surface area (Å²) in [6, 6.07) is 14.1. The third kappa shape index (κ3) is 2.66. The van der Waals surface area contributed by atoms with Gasteiger partial charge in [0.2, 0.25) is 0 Å². The molecule has 0 N–H and O–H groups in total. The first kappa shape index (κ1) is 16.7. The molecule has 0 bridgehead atoms. The fraction of sp³-hybridized carbons (Fsp3) is 0.105. The number of hydrogen-bond donors (Lipinski definition) is 0. The summed E-state index contributed by atoms with van der Waals surface area (Å²) in [6.45, 7) is 0. The van der Waals surface area contributed by atoms with Crippen LogP contribution in [0.1, 0.15) is 5.56 Å². The largest absolute Gasteiger partial charge is 0.416 e. The molecule has 4 aromatic rings. The number of fused-ring (bicyclic) bond motifs is 1. The predicted molar refractivity (Wildman–Crippen MR) is 93.9 cm³/mol. The van der Waals surface area contributed by atoms with Crippen LogP contribution in [0.5, 0.6) is 0 Å². The van der Waals surface area contributed by atoms with Crippen LogP contribution < -0.4 is 0 Å². The zero-order valence-corrected chi connectivity index (χ0v) is 14.3. The lowest BCUT2D eigenvalue weighted by atomic mass is 10.1. The van der Waals surface area contributed by atoms with E-state index in [9.17, 15) is 13.2 Å². The van der Waals surface area contributed by atoms with Crippen LogP contribution in [0, 0.1) is 0 Å². The van der Waals surface area contributed by atoms with Crippen molar-refractivity contribution in [1.82, 2.24) is 9.72 Å². The molecule has 4 rings (SSSR count). The minimum Gasteiger partial charge on any atom is -0.356 e. The van der Waals surface area contributed by atoms with E-state index in [1.165, 1.54) is 12.1 Å². The van der Waals surface area contributed by atoms with Gasteiger partial charge < -0.3 is 9.09 Å². The monoisotopic (exact) mass is 376 g/mol. The van der Waals surface area contributed by atoms with Crippen LogP contribution in [0.15, 0.2) is 59.1 Å². The SMILES string of the molecule is Cn1c(-c2cc(-c3ccc(C(F)(F)F)cc3)on2)c(Cl)c2ccccc21. The van der Waals surface area contributed by atoms with Crippen molar-refractivity contribution in [3.63, 3.8) is 0 Å². The predicted octanol–water partition coefficient (Wildman–Crippen LogP) is 6.17. The number of rotatable bonds is 2. The van der Waals surface area contributed by atoms with Crippen molar-refractivity contribution in [3.05, 3.63) is 65.2 Å². The number of halogens is 4. The summed E-state index contributed by atoms with van der Waals surface area (Å²) < 4.78 is 45.3. The van der Waals surface area contributed by atoms with Gasteiger partial charge in [-0.05, 0) is 18.2 Å². The summed E-state index contributed by atoms with van der Waals surface area (Å²) in [5.41, 5.74) is 1.95. The molecule has 3 nitrogen and oxygen atoms in total. The molecule has 0 aliphatic rings. The van der Waals surface area contributed by atoms with Crippen molar-refractivity contribution in [2.24, 2.45) is 7.05 Å². The van der Waals surface area contributed by atoms with Crippen LogP contribution in [0.2, 0.25) is 5.02 Å². The molecule has 26 heavy (non-hydrogen) atoms. The van der Waals surface area contributed by atoms with E-state index in [4.69, 9.17) is 16.1 Å². The number of aryl methyl sites for hydroxylation is 1. The lowest BCUT2D eigenvalue weighted by molar-refractivity contribution is -0.137. The number of aromatic nitrogens is 2. The fourth-order valence-electron chi connectivity index (χ4n) is 2.98. The van der Waals surface area contributed by atoms with Gasteiger partial charge in [-0.3, -0.25) is 0 Å². The van der Waals surface area contributed by atoms with E-state index in [-0.39, 0.29) is 0 Å². The Morgan fingerprint density at radius 1 is 1.04 bits per heavy atom. The lowest BCUT2D eigenvalue weighted by Gasteiger charge is -2.06. The smallest absolute Gasteiger partial charge is 0.356 e. The third-order valence-corrected chi connectivity index (χ3v) is 4.68. The van der Waals surface area contributed by atoms with Gasteiger partial charge in [0.15, 0.2) is 5.76 Å². The van der Waals surface area contributed by atoms with Gasteiger partial charge in [0, 0.05) is 29.6 Å². The van der Waals surface area contributed by atoms with Gasteiger partial charge in [0.05, 0.1) is 16.3 Å². The number of benzene rings is 2. The van der Waals surface area contributed by atoms with Crippen LogP contribution in [-0.2, 0) is 13.2 Å². The third-order valence-electron chi connectivity index (χ3n) is 4.29. The van der Waals surface area contributed by atoms with Crippen molar-refractivity contribution in [2.45, 2.75) is 6.18 Å². The Labute approximate surface area is 151 Å². The van der Waals surface area contributed by atoms with Crippen molar-refractivity contribution in [3.8, 4) is 22.7 Å². The number of hydrogen-bond acceptors (Lipinski definition) is 2. The molecule has 0 amide bonds. The number of nitrogens with zero attached hydrogens (tertiary/aromatic N) is 2. The molecule has 7 heteroatoms. The summed E-state index contributed by atoms with van der Waals surface area (Å²) in [5.74, 6) is 0.370. The highest BCUT2D eigenvalue weighted by atomic mass is 35.5. The highest BCUT2D eigenvalue weighted by molar-refractivity contribution is 6.38. The van der Waals surface area contributed by atoms with E-state index in [2.05, 4.69) is 5.16 Å². The molecule has 0 aliphatic heterocycles. The highest BCUT2D eigenvalue weighted by Crippen LogP contribution is 2.38. The highest BCUT2D eigenvalue weighted by Gasteiger charge is 2.30. The van der Waals surface area contributed by atoms with E-state index >= 15 is 0 Å². The molecule has 0 saturated heterocycles. The van der Waals surface area contributed by atoms with Gasteiger partial charge in [0.1, 0.15) is 5.69 Å². The van der Waals surface area contributed by atoms with Gasteiger partial charge >= 0.3 is 6.18 Å². The van der Waals surface area contributed by atoms with Crippen LogP contribution >= 0.6 is 11.6 Å². The van der Waals surface area contributed by atoms with Crippen LogP contribution in [-0.4, -0.2) is 9.72 Å². The van der Waals surface area contributed by atoms with Crippen molar-refractivity contribution >= 4 is 22.5 Å². The van der Waals surface area contributed by atoms with E-state index in [0.29, 0.717) is 27.7 Å². The van der Waals surface area contributed by atoms with Gasteiger partial charge in [0.25, 0.3) is 0 Å². The zero-order valence-electron chi connectivity index (χ0n) is 13.5. The van der Waals surface area contributed by atoms with Gasteiger partial charge in [-0.1, -0.05) is 47.1 Å². The maximum Gasteiger partial charge on any atom is 0.416 e. The molecule has 2 heterocycles. The molecule has 2 aromatic carbocycles. The number of alkyl halides is 3. The fourth-order valence-corrected chi connectivity index (χ4v) is 3.36. The summed E-state index contributed by atoms with van der Waals surface area (Å²) >= 11 is 6.50. The normalized spacial score (nSPS) is 12.0. The van der Waals surface area contributed by atoms with Crippen LogP contribution in [0.3, 0.4) is 0 Å². The standard InChI is InChI=1S/C19H12ClF3N2O/c1-25-15-5-3-2-4-13(15)17(20)18(25)14-10-16(26-24-14)11-6-8-12(9-7-11)19(21,22)23/h2-10H,1H3. The molecule has 132 valence electrons. The Balaban J connectivity index is 1.75. The Kier molecular flexibility index (Phi) is 3.80. The summed E-state index contributed by atoms with van der Waals surface area (Å²) in [6.07, 6.45) is -4.37. The van der Waals surface area contributed by atoms with Gasteiger partial charge in [-0.25, -0.2) is 0 Å². The number of para-hydroxylation sites is 1. The Morgan fingerprint density at radius 3 is 2.38 bits per heavy atom. The summed E-state index contributed by atoms with van der Waals surface area (Å²) in [4.78, 5) is 0. The quantitative estimate of drug-likeness (QED) is 0.418. The second-order valence-corrected chi connectivity index (χ2v) is 6.27. The zero-order chi connectivity index (χ0) is 18.5. The molecular formula is C19H12ClF3N2O. The van der Waals surface area contributed by atoms with Crippen molar-refractivity contribution < 1.29 is 17.7 Å². The van der Waals surface area contributed by atoms with E-state index < -0.39 is 11.7 Å². The molecule has 0 spiro atoms. The lowest BCUT2D eigenvalue weighted by Crippen LogP contribution is -2.03. The molecule has 0 fully saturated rings. The molecule has 0 atom stereocenters. The Morgan fingerprint density at radius 2 is 1.73 bits per heavy atom. The topological polar surface area (TPSA) is 31.0 Å². The first-order chi connectivity index (χ1) is 12.4. The Hall–Kier alpha value is -2.73. The molecule has 0 unspecified atom stereocenters. The van der Waals surface area contributed by atoms with E-state index in [1.807, 2.05) is 35.9 Å². The maximum absolute atomic E-state index is 12.7. The average Bonchev–Trinajstić information content (AvgIpc) is 3.19. The van der Waals surface area contributed by atoms with Crippen molar-refractivity contribution in [2.75, 3.05) is 0 Å². The van der Waals surface area contributed by atoms with Crippen molar-refractivity contribution in [1.29, 1.82) is 0 Å². The van der Waals surface area contributed by atoms with E-state index in [0.717, 1.165) is 23.0 Å². The molecule has 0 saturated carbocycles. The summed E-state index contributed by atoms with van der Waals surface area (Å²) in [7, 11) is 1.87. The van der Waals surface area contributed by atoms with Gasteiger partial charge in [-0.2, -0.15) is 13.2 Å². The second kappa shape index (κ2) is 5.92. The maximum atomic E-state index is 12.7. The molecular weight excluding hydrogens is 365 g/mol. The first-order valence-electron chi connectivity index (χ1n) is 7.74. The minimum absolute atomic E-state index is 0.370.